The van der Waals surface area contributed by atoms with Gasteiger partial charge in [-0.05, 0) is 12.8 Å². The molecule has 0 bridgehead atoms. The summed E-state index contributed by atoms with van der Waals surface area (Å²) in [6.45, 7) is 1.94. The zero-order chi connectivity index (χ0) is 6.53. The second kappa shape index (κ2) is 3.85. The third-order valence-electron chi connectivity index (χ3n) is 1.76. The van der Waals surface area contributed by atoms with Crippen LogP contribution in [0.5, 0.6) is 0 Å². The first-order valence-corrected chi connectivity index (χ1v) is 3.62. The summed E-state index contributed by atoms with van der Waals surface area (Å²) in [5.41, 5.74) is 0. The Kier molecular flexibility index (Phi) is 3.01. The van der Waals surface area contributed by atoms with Crippen LogP contribution in [0.1, 0.15) is 19.3 Å². The van der Waals surface area contributed by atoms with Crippen molar-refractivity contribution in [3.63, 3.8) is 0 Å². The van der Waals surface area contributed by atoms with Crippen molar-refractivity contribution >= 4 is 0 Å². The van der Waals surface area contributed by atoms with E-state index in [1.807, 2.05) is 0 Å². The summed E-state index contributed by atoms with van der Waals surface area (Å²) in [6.07, 6.45) is 3.51. The van der Waals surface area contributed by atoms with E-state index in [0.717, 1.165) is 26.1 Å². The topological polar surface area (TPSA) is 29.5 Å². The molecule has 0 aromatic heterocycles. The first kappa shape index (κ1) is 7.03. The van der Waals surface area contributed by atoms with Crippen molar-refractivity contribution in [2.75, 3.05) is 19.8 Å². The fourth-order valence-electron chi connectivity index (χ4n) is 1.11. The van der Waals surface area contributed by atoms with Crippen molar-refractivity contribution in [2.24, 2.45) is 5.92 Å². The molecule has 1 aliphatic heterocycles. The highest BCUT2D eigenvalue weighted by Gasteiger charge is 2.09. The second-order valence-electron chi connectivity index (χ2n) is 2.62. The van der Waals surface area contributed by atoms with Crippen molar-refractivity contribution < 1.29 is 9.84 Å². The van der Waals surface area contributed by atoms with Gasteiger partial charge in [-0.1, -0.05) is 6.42 Å². The predicted molar refractivity (Wildman–Crippen MR) is 35.2 cm³/mol. The lowest BCUT2D eigenvalue weighted by atomic mass is 10.1. The van der Waals surface area contributed by atoms with E-state index in [1.54, 1.807) is 0 Å². The molecular formula is C7H14O2. The summed E-state index contributed by atoms with van der Waals surface area (Å²) >= 11 is 0. The van der Waals surface area contributed by atoms with E-state index < -0.39 is 0 Å². The summed E-state index contributed by atoms with van der Waals surface area (Å²) in [7, 11) is 0. The van der Waals surface area contributed by atoms with Gasteiger partial charge in [0.15, 0.2) is 0 Å². The molecule has 2 nitrogen and oxygen atoms in total. The van der Waals surface area contributed by atoms with Crippen LogP contribution in [0, 0.1) is 5.92 Å². The molecule has 0 radical (unpaired) electrons. The summed E-state index contributed by atoms with van der Waals surface area (Å²) in [4.78, 5) is 0. The zero-order valence-electron chi connectivity index (χ0n) is 5.68. The highest BCUT2D eigenvalue weighted by atomic mass is 16.5. The SMILES string of the molecule is OCC1CCCCOC1. The minimum Gasteiger partial charge on any atom is -0.396 e. The number of aliphatic hydroxyl groups excluding tert-OH is 1. The van der Waals surface area contributed by atoms with Gasteiger partial charge in [0.25, 0.3) is 0 Å². The molecule has 0 spiro atoms. The third-order valence-corrected chi connectivity index (χ3v) is 1.76. The minimum absolute atomic E-state index is 0.292. The van der Waals surface area contributed by atoms with Gasteiger partial charge in [0.05, 0.1) is 6.61 Å². The summed E-state index contributed by atoms with van der Waals surface area (Å²) < 4.78 is 5.24. The number of aliphatic hydroxyl groups is 1. The maximum Gasteiger partial charge on any atom is 0.0516 e. The van der Waals surface area contributed by atoms with Gasteiger partial charge in [-0.3, -0.25) is 0 Å². The number of ether oxygens (including phenoxy) is 1. The van der Waals surface area contributed by atoms with Crippen LogP contribution in [0.4, 0.5) is 0 Å². The number of hydrogen-bond donors (Lipinski definition) is 1. The average Bonchev–Trinajstić information content (AvgIpc) is 2.13. The fourth-order valence-corrected chi connectivity index (χ4v) is 1.11. The van der Waals surface area contributed by atoms with E-state index in [9.17, 15) is 0 Å². The van der Waals surface area contributed by atoms with Gasteiger partial charge in [0, 0.05) is 19.1 Å². The Morgan fingerprint density at radius 1 is 1.44 bits per heavy atom. The Labute approximate surface area is 55.8 Å². The quantitative estimate of drug-likeness (QED) is 0.568. The van der Waals surface area contributed by atoms with Crippen molar-refractivity contribution in [2.45, 2.75) is 19.3 Å². The summed E-state index contributed by atoms with van der Waals surface area (Å²) in [5, 5.41) is 8.74. The van der Waals surface area contributed by atoms with Crippen LogP contribution in [0.3, 0.4) is 0 Å². The lowest BCUT2D eigenvalue weighted by Crippen LogP contribution is -2.10. The molecule has 1 aliphatic rings. The predicted octanol–water partition coefficient (Wildman–Crippen LogP) is 0.795. The molecule has 0 amide bonds. The molecule has 0 aliphatic carbocycles. The van der Waals surface area contributed by atoms with Crippen molar-refractivity contribution in [3.8, 4) is 0 Å². The highest BCUT2D eigenvalue weighted by Crippen LogP contribution is 2.12. The molecule has 9 heavy (non-hydrogen) atoms. The van der Waals surface area contributed by atoms with Crippen LogP contribution in [0.25, 0.3) is 0 Å². The lowest BCUT2D eigenvalue weighted by Gasteiger charge is -2.07. The third kappa shape index (κ3) is 2.33. The van der Waals surface area contributed by atoms with Gasteiger partial charge >= 0.3 is 0 Å². The van der Waals surface area contributed by atoms with E-state index in [2.05, 4.69) is 0 Å². The van der Waals surface area contributed by atoms with Crippen LogP contribution < -0.4 is 0 Å². The Morgan fingerprint density at radius 2 is 2.33 bits per heavy atom. The van der Waals surface area contributed by atoms with Gasteiger partial charge in [-0.25, -0.2) is 0 Å². The largest absolute Gasteiger partial charge is 0.396 e. The smallest absolute Gasteiger partial charge is 0.0516 e. The maximum atomic E-state index is 8.74. The van der Waals surface area contributed by atoms with Gasteiger partial charge in [0.1, 0.15) is 0 Å². The Hall–Kier alpha value is -0.0800. The molecule has 1 heterocycles. The van der Waals surface area contributed by atoms with Gasteiger partial charge in [-0.15, -0.1) is 0 Å². The van der Waals surface area contributed by atoms with Crippen LogP contribution in [-0.4, -0.2) is 24.9 Å². The normalized spacial score (nSPS) is 29.7. The van der Waals surface area contributed by atoms with E-state index in [1.165, 1.54) is 6.42 Å². The monoisotopic (exact) mass is 130 g/mol. The lowest BCUT2D eigenvalue weighted by molar-refractivity contribution is 0.0884. The summed E-state index contributed by atoms with van der Waals surface area (Å²) in [6, 6.07) is 0. The molecule has 0 aromatic rings. The fraction of sp³-hybridized carbons (Fsp3) is 1.00. The molecule has 0 aromatic carbocycles. The molecule has 1 fully saturated rings. The molecule has 1 N–H and O–H groups in total. The molecule has 0 saturated carbocycles. The van der Waals surface area contributed by atoms with Gasteiger partial charge in [0.2, 0.25) is 0 Å². The van der Waals surface area contributed by atoms with E-state index in [4.69, 9.17) is 9.84 Å². The minimum atomic E-state index is 0.292. The first-order chi connectivity index (χ1) is 4.43. The van der Waals surface area contributed by atoms with Crippen LogP contribution in [0.2, 0.25) is 0 Å². The average molecular weight is 130 g/mol. The van der Waals surface area contributed by atoms with Gasteiger partial charge < -0.3 is 9.84 Å². The van der Waals surface area contributed by atoms with E-state index >= 15 is 0 Å². The zero-order valence-corrected chi connectivity index (χ0v) is 5.68. The number of rotatable bonds is 1. The maximum absolute atomic E-state index is 8.74. The summed E-state index contributed by atoms with van der Waals surface area (Å²) in [5.74, 6) is 0.410. The molecule has 1 atom stereocenters. The van der Waals surface area contributed by atoms with Crippen molar-refractivity contribution in [3.05, 3.63) is 0 Å². The van der Waals surface area contributed by atoms with Gasteiger partial charge in [-0.2, -0.15) is 0 Å². The molecule has 1 saturated heterocycles. The first-order valence-electron chi connectivity index (χ1n) is 3.62. The van der Waals surface area contributed by atoms with Crippen molar-refractivity contribution in [1.29, 1.82) is 0 Å². The van der Waals surface area contributed by atoms with Crippen LogP contribution >= 0.6 is 0 Å². The van der Waals surface area contributed by atoms with Crippen LogP contribution in [-0.2, 0) is 4.74 Å². The molecule has 1 unspecified atom stereocenters. The Balaban J connectivity index is 2.18. The Bertz CT molecular complexity index is 65.3. The van der Waals surface area contributed by atoms with E-state index in [0.29, 0.717) is 12.5 Å². The molecule has 54 valence electrons. The second-order valence-corrected chi connectivity index (χ2v) is 2.62. The molecular weight excluding hydrogens is 116 g/mol. The Morgan fingerprint density at radius 3 is 3.11 bits per heavy atom. The molecule has 2 heteroatoms. The highest BCUT2D eigenvalue weighted by molar-refractivity contribution is 4.59. The van der Waals surface area contributed by atoms with Crippen molar-refractivity contribution in [1.82, 2.24) is 0 Å². The number of hydrogen-bond acceptors (Lipinski definition) is 2. The molecule has 1 rings (SSSR count). The standard InChI is InChI=1S/C7H14O2/c8-5-7-3-1-2-4-9-6-7/h7-8H,1-6H2. The van der Waals surface area contributed by atoms with E-state index in [-0.39, 0.29) is 0 Å². The van der Waals surface area contributed by atoms with Crippen LogP contribution in [0.15, 0.2) is 0 Å².